The Hall–Kier alpha value is -2.18. The molecule has 1 aromatic carbocycles. The van der Waals surface area contributed by atoms with Gasteiger partial charge in [0, 0.05) is 12.1 Å². The fraction of sp³-hybridized carbons (Fsp3) is 0. The van der Waals surface area contributed by atoms with Gasteiger partial charge in [-0.1, -0.05) is 0 Å². The van der Waals surface area contributed by atoms with E-state index in [0.29, 0.717) is 0 Å². The zero-order chi connectivity index (χ0) is 18.9. The van der Waals surface area contributed by atoms with Crippen LogP contribution in [0.1, 0.15) is 10.4 Å². The SMILES string of the molecule is O=C(O)c1cc(OS(=O)(=O)O)c(OS(=O)(=O)O)c(OS(=O)(=O)O)c1. The molecule has 0 unspecified atom stereocenters. The lowest BCUT2D eigenvalue weighted by molar-refractivity contribution is 0.0696. The number of benzene rings is 1. The summed E-state index contributed by atoms with van der Waals surface area (Å²) >= 11 is 0. The number of hydrogen-bond acceptors (Lipinski definition) is 10. The normalized spacial score (nSPS) is 12.5. The van der Waals surface area contributed by atoms with E-state index in [2.05, 4.69) is 12.5 Å². The summed E-state index contributed by atoms with van der Waals surface area (Å²) in [4.78, 5) is 10.9. The predicted molar refractivity (Wildman–Crippen MR) is 69.9 cm³/mol. The van der Waals surface area contributed by atoms with E-state index in [9.17, 15) is 30.0 Å². The Labute approximate surface area is 134 Å². The molecule has 17 heteroatoms. The van der Waals surface area contributed by atoms with E-state index in [0.717, 1.165) is 0 Å². The summed E-state index contributed by atoms with van der Waals surface area (Å²) in [5.41, 5.74) is -0.935. The van der Waals surface area contributed by atoms with Crippen LogP contribution in [0.5, 0.6) is 17.2 Å². The molecule has 1 rings (SSSR count). The molecule has 0 aliphatic carbocycles. The molecule has 0 atom stereocenters. The molecular formula is C7H6O14S3. The van der Waals surface area contributed by atoms with Crippen LogP contribution in [0.3, 0.4) is 0 Å². The summed E-state index contributed by atoms with van der Waals surface area (Å²) in [6.07, 6.45) is 0. The minimum atomic E-state index is -5.43. The first-order valence-corrected chi connectivity index (χ1v) is 9.09. The van der Waals surface area contributed by atoms with E-state index in [4.69, 9.17) is 18.8 Å². The van der Waals surface area contributed by atoms with Crippen molar-refractivity contribution in [3.63, 3.8) is 0 Å². The molecule has 24 heavy (non-hydrogen) atoms. The van der Waals surface area contributed by atoms with Gasteiger partial charge in [0.2, 0.25) is 5.75 Å². The lowest BCUT2D eigenvalue weighted by Crippen LogP contribution is -2.15. The van der Waals surface area contributed by atoms with Gasteiger partial charge in [-0.15, -0.1) is 0 Å². The second-order valence-electron chi connectivity index (χ2n) is 3.64. The van der Waals surface area contributed by atoms with E-state index in [1.54, 1.807) is 0 Å². The summed E-state index contributed by atoms with van der Waals surface area (Å²) in [5.74, 6) is -6.10. The summed E-state index contributed by atoms with van der Waals surface area (Å²) in [6, 6.07) is 0.570. The topological polar surface area (TPSA) is 228 Å². The van der Waals surface area contributed by atoms with Crippen molar-refractivity contribution in [1.29, 1.82) is 0 Å². The molecule has 0 amide bonds. The van der Waals surface area contributed by atoms with Crippen LogP contribution in [0.2, 0.25) is 0 Å². The van der Waals surface area contributed by atoms with Crippen LogP contribution < -0.4 is 12.5 Å². The van der Waals surface area contributed by atoms with Crippen LogP contribution in [0.25, 0.3) is 0 Å². The molecule has 4 N–H and O–H groups in total. The Kier molecular flexibility index (Phi) is 5.28. The van der Waals surface area contributed by atoms with Gasteiger partial charge in [0.25, 0.3) is 0 Å². The van der Waals surface area contributed by atoms with Gasteiger partial charge in [-0.05, 0) is 0 Å². The Bertz CT molecular complexity index is 914. The Morgan fingerprint density at radius 1 is 0.750 bits per heavy atom. The molecular weight excluding hydrogens is 404 g/mol. The van der Waals surface area contributed by atoms with Gasteiger partial charge in [-0.2, -0.15) is 25.3 Å². The first kappa shape index (κ1) is 19.9. The second kappa shape index (κ2) is 6.37. The maximum absolute atomic E-state index is 10.9. The van der Waals surface area contributed by atoms with Crippen molar-refractivity contribution in [2.45, 2.75) is 0 Å². The van der Waals surface area contributed by atoms with Gasteiger partial charge >= 0.3 is 37.2 Å². The lowest BCUT2D eigenvalue weighted by atomic mass is 10.2. The molecule has 0 aliphatic rings. The maximum atomic E-state index is 10.9. The van der Waals surface area contributed by atoms with Crippen molar-refractivity contribution in [3.8, 4) is 17.2 Å². The second-order valence-corrected chi connectivity index (χ2v) is 6.71. The van der Waals surface area contributed by atoms with Crippen molar-refractivity contribution >= 4 is 37.2 Å². The van der Waals surface area contributed by atoms with Gasteiger partial charge in [0.05, 0.1) is 5.56 Å². The molecule has 0 radical (unpaired) electrons. The monoisotopic (exact) mass is 410 g/mol. The third kappa shape index (κ3) is 6.52. The quantitative estimate of drug-likeness (QED) is 0.392. The highest BCUT2D eigenvalue weighted by atomic mass is 32.3. The van der Waals surface area contributed by atoms with Crippen LogP contribution in [0, 0.1) is 0 Å². The van der Waals surface area contributed by atoms with Crippen molar-refractivity contribution in [1.82, 2.24) is 0 Å². The van der Waals surface area contributed by atoms with E-state index < -0.39 is 60.0 Å². The fourth-order valence-corrected chi connectivity index (χ4v) is 2.31. The summed E-state index contributed by atoms with van der Waals surface area (Å²) in [6.45, 7) is 0. The predicted octanol–water partition coefficient (Wildman–Crippen LogP) is -1.07. The Morgan fingerprint density at radius 2 is 1.08 bits per heavy atom. The first-order chi connectivity index (χ1) is 10.6. The molecule has 136 valence electrons. The number of hydrogen-bond donors (Lipinski definition) is 4. The standard InChI is InChI=1S/C7H6O14S3/c8-7(9)3-1-4(19-22(10,11)12)6(21-24(16,17)18)5(2-3)20-23(13,14)15/h1-2H,(H,8,9)(H,10,11,12)(H,13,14,15)(H,16,17,18). The molecule has 0 heterocycles. The highest BCUT2D eigenvalue weighted by molar-refractivity contribution is 7.82. The van der Waals surface area contributed by atoms with Gasteiger partial charge in [0.1, 0.15) is 0 Å². The highest BCUT2D eigenvalue weighted by Gasteiger charge is 2.27. The summed E-state index contributed by atoms with van der Waals surface area (Å²) < 4.78 is 102. The van der Waals surface area contributed by atoms with Gasteiger partial charge in [0.15, 0.2) is 11.5 Å². The minimum Gasteiger partial charge on any atom is -0.478 e. The highest BCUT2D eigenvalue weighted by Crippen LogP contribution is 2.41. The first-order valence-electron chi connectivity index (χ1n) is 4.99. The fourth-order valence-electron chi connectivity index (χ4n) is 1.24. The number of carboxylic acids is 1. The van der Waals surface area contributed by atoms with Gasteiger partial charge in [-0.25, -0.2) is 4.79 Å². The van der Waals surface area contributed by atoms with E-state index >= 15 is 0 Å². The zero-order valence-electron chi connectivity index (χ0n) is 10.8. The molecule has 1 aromatic rings. The average molecular weight is 410 g/mol. The van der Waals surface area contributed by atoms with Crippen LogP contribution in [-0.2, 0) is 31.2 Å². The zero-order valence-corrected chi connectivity index (χ0v) is 13.2. The van der Waals surface area contributed by atoms with Crippen molar-refractivity contribution in [2.24, 2.45) is 0 Å². The molecule has 0 aromatic heterocycles. The third-order valence-corrected chi connectivity index (χ3v) is 3.00. The molecule has 0 spiro atoms. The van der Waals surface area contributed by atoms with Crippen molar-refractivity contribution in [2.75, 3.05) is 0 Å². The van der Waals surface area contributed by atoms with Crippen LogP contribution in [0.4, 0.5) is 0 Å². The van der Waals surface area contributed by atoms with Crippen LogP contribution in [0.15, 0.2) is 12.1 Å². The van der Waals surface area contributed by atoms with Crippen molar-refractivity contribution in [3.05, 3.63) is 17.7 Å². The lowest BCUT2D eigenvalue weighted by Gasteiger charge is -2.13. The van der Waals surface area contributed by atoms with Crippen molar-refractivity contribution < 1.29 is 61.4 Å². The van der Waals surface area contributed by atoms with Crippen LogP contribution in [-0.4, -0.2) is 50.0 Å². The summed E-state index contributed by atoms with van der Waals surface area (Å²) in [7, 11) is -16.2. The molecule has 0 saturated heterocycles. The van der Waals surface area contributed by atoms with E-state index in [1.807, 2.05) is 0 Å². The minimum absolute atomic E-state index is 0.285. The molecule has 0 saturated carbocycles. The average Bonchev–Trinajstić information content (AvgIpc) is 2.27. The Morgan fingerprint density at radius 3 is 1.33 bits per heavy atom. The molecule has 14 nitrogen and oxygen atoms in total. The summed E-state index contributed by atoms with van der Waals surface area (Å²) in [5, 5.41) is 8.81. The number of carboxylic acid groups (broad SMARTS) is 1. The smallest absolute Gasteiger partial charge is 0.446 e. The number of carbonyl (C=O) groups is 1. The number of rotatable bonds is 7. The van der Waals surface area contributed by atoms with Gasteiger partial charge < -0.3 is 17.7 Å². The molecule has 0 aliphatic heterocycles. The maximum Gasteiger partial charge on any atom is 0.446 e. The van der Waals surface area contributed by atoms with E-state index in [1.165, 1.54) is 0 Å². The largest absolute Gasteiger partial charge is 0.478 e. The van der Waals surface area contributed by atoms with Gasteiger partial charge in [-0.3, -0.25) is 13.7 Å². The number of aromatic carboxylic acids is 1. The Balaban J connectivity index is 3.77. The van der Waals surface area contributed by atoms with E-state index in [-0.39, 0.29) is 12.1 Å². The molecule has 0 fully saturated rings. The third-order valence-electron chi connectivity index (χ3n) is 1.85. The van der Waals surface area contributed by atoms with Crippen LogP contribution >= 0.6 is 0 Å². The molecule has 0 bridgehead atoms.